The molecule has 2 N–H and O–H groups in total. The third-order valence-electron chi connectivity index (χ3n) is 4.65. The third kappa shape index (κ3) is 3.72. The number of thiocarbonyl (C=S) groups is 1. The third-order valence-corrected chi connectivity index (χ3v) is 4.87. The average molecular weight is 290 g/mol. The van der Waals surface area contributed by atoms with Crippen LogP contribution in [0.5, 0.6) is 0 Å². The van der Waals surface area contributed by atoms with Gasteiger partial charge in [0, 0.05) is 11.7 Å². The summed E-state index contributed by atoms with van der Waals surface area (Å²) in [7, 11) is 0. The van der Waals surface area contributed by atoms with E-state index in [0.717, 1.165) is 16.7 Å². The summed E-state index contributed by atoms with van der Waals surface area (Å²) in [6.45, 7) is 8.90. The minimum atomic E-state index is 0.504. The van der Waals surface area contributed by atoms with Crippen molar-refractivity contribution in [1.29, 1.82) is 0 Å². The fourth-order valence-electron chi connectivity index (χ4n) is 3.07. The van der Waals surface area contributed by atoms with Crippen molar-refractivity contribution in [2.75, 3.05) is 5.32 Å². The van der Waals surface area contributed by atoms with Gasteiger partial charge in [-0.25, -0.2) is 0 Å². The molecular formula is C17H26N2S. The molecule has 3 heteroatoms. The molecule has 0 bridgehead atoms. The van der Waals surface area contributed by atoms with Crippen molar-refractivity contribution in [2.45, 2.75) is 53.0 Å². The number of hydrogen-bond donors (Lipinski definition) is 2. The van der Waals surface area contributed by atoms with Gasteiger partial charge >= 0.3 is 0 Å². The highest BCUT2D eigenvalue weighted by Crippen LogP contribution is 2.29. The molecule has 0 aliphatic heterocycles. The van der Waals surface area contributed by atoms with Crippen LogP contribution >= 0.6 is 12.2 Å². The van der Waals surface area contributed by atoms with Crippen LogP contribution in [0.3, 0.4) is 0 Å². The van der Waals surface area contributed by atoms with Gasteiger partial charge in [-0.1, -0.05) is 44.4 Å². The molecule has 1 aliphatic rings. The van der Waals surface area contributed by atoms with Gasteiger partial charge in [0.1, 0.15) is 0 Å². The van der Waals surface area contributed by atoms with E-state index in [-0.39, 0.29) is 0 Å². The van der Waals surface area contributed by atoms with Crippen LogP contribution in [0.4, 0.5) is 5.69 Å². The van der Waals surface area contributed by atoms with Gasteiger partial charge in [-0.2, -0.15) is 0 Å². The highest BCUT2D eigenvalue weighted by atomic mass is 32.1. The van der Waals surface area contributed by atoms with Crippen LogP contribution in [0, 0.1) is 25.7 Å². The molecule has 0 amide bonds. The normalized spacial score (nSPS) is 26.1. The van der Waals surface area contributed by atoms with Crippen molar-refractivity contribution in [1.82, 2.24) is 5.32 Å². The molecule has 1 aliphatic carbocycles. The molecule has 0 spiro atoms. The molecule has 0 radical (unpaired) electrons. The lowest BCUT2D eigenvalue weighted by Gasteiger charge is -2.35. The van der Waals surface area contributed by atoms with Gasteiger partial charge in [0.05, 0.1) is 0 Å². The first-order valence-corrected chi connectivity index (χ1v) is 8.03. The predicted octanol–water partition coefficient (Wildman–Crippen LogP) is 4.41. The van der Waals surface area contributed by atoms with E-state index in [0.29, 0.717) is 12.0 Å². The van der Waals surface area contributed by atoms with Crippen LogP contribution in [0.1, 0.15) is 44.2 Å². The van der Waals surface area contributed by atoms with Crippen LogP contribution in [0.2, 0.25) is 0 Å². The molecule has 2 rings (SSSR count). The monoisotopic (exact) mass is 290 g/mol. The molecule has 0 aromatic heterocycles. The van der Waals surface area contributed by atoms with E-state index in [2.05, 4.69) is 56.5 Å². The summed E-state index contributed by atoms with van der Waals surface area (Å²) in [6.07, 6.45) is 3.87. The Kier molecular flexibility index (Phi) is 5.03. The molecule has 110 valence electrons. The van der Waals surface area contributed by atoms with Crippen LogP contribution in [0.25, 0.3) is 0 Å². The second kappa shape index (κ2) is 6.57. The first-order chi connectivity index (χ1) is 9.47. The molecule has 0 saturated heterocycles. The van der Waals surface area contributed by atoms with E-state index in [1.807, 2.05) is 0 Å². The fraction of sp³-hybridized carbons (Fsp3) is 0.588. The van der Waals surface area contributed by atoms with Crippen molar-refractivity contribution in [2.24, 2.45) is 11.8 Å². The molecule has 1 aromatic carbocycles. The number of aryl methyl sites for hydroxylation is 2. The summed E-state index contributed by atoms with van der Waals surface area (Å²) < 4.78 is 0. The summed E-state index contributed by atoms with van der Waals surface area (Å²) in [5.41, 5.74) is 3.62. The Morgan fingerprint density at radius 1 is 1.20 bits per heavy atom. The van der Waals surface area contributed by atoms with E-state index in [1.165, 1.54) is 30.4 Å². The standard InChI is InChI=1S/C17H26N2S/c1-11-8-9-15(13(3)10-11)18-17(20)19-16-7-5-6-12(2)14(16)4/h8-10,12,14,16H,5-7H2,1-4H3,(H2,18,19,20). The Balaban J connectivity index is 1.95. The Morgan fingerprint density at radius 2 is 1.95 bits per heavy atom. The highest BCUT2D eigenvalue weighted by molar-refractivity contribution is 7.80. The van der Waals surface area contributed by atoms with Gasteiger partial charge in [-0.3, -0.25) is 0 Å². The Morgan fingerprint density at radius 3 is 2.65 bits per heavy atom. The summed E-state index contributed by atoms with van der Waals surface area (Å²) in [5.74, 6) is 1.47. The van der Waals surface area contributed by atoms with Crippen molar-refractivity contribution in [3.8, 4) is 0 Å². The molecule has 3 atom stereocenters. The van der Waals surface area contributed by atoms with E-state index >= 15 is 0 Å². The van der Waals surface area contributed by atoms with Crippen molar-refractivity contribution in [3.05, 3.63) is 29.3 Å². The van der Waals surface area contributed by atoms with Crippen molar-refractivity contribution >= 4 is 23.0 Å². The first-order valence-electron chi connectivity index (χ1n) is 7.62. The SMILES string of the molecule is Cc1ccc(NC(=S)NC2CCCC(C)C2C)c(C)c1. The Labute approximate surface area is 128 Å². The van der Waals surface area contributed by atoms with E-state index in [4.69, 9.17) is 12.2 Å². The van der Waals surface area contributed by atoms with E-state index in [1.54, 1.807) is 0 Å². The average Bonchev–Trinajstić information content (AvgIpc) is 2.38. The summed E-state index contributed by atoms with van der Waals surface area (Å²) in [4.78, 5) is 0. The zero-order valence-corrected chi connectivity index (χ0v) is 13.8. The maximum atomic E-state index is 5.48. The van der Waals surface area contributed by atoms with Gasteiger partial charge in [0.25, 0.3) is 0 Å². The van der Waals surface area contributed by atoms with Gasteiger partial charge in [-0.15, -0.1) is 0 Å². The lowest BCUT2D eigenvalue weighted by atomic mass is 9.78. The summed E-state index contributed by atoms with van der Waals surface area (Å²) >= 11 is 5.48. The van der Waals surface area contributed by atoms with Gasteiger partial charge in [0.15, 0.2) is 5.11 Å². The van der Waals surface area contributed by atoms with E-state index in [9.17, 15) is 0 Å². The number of hydrogen-bond acceptors (Lipinski definition) is 1. The van der Waals surface area contributed by atoms with Crippen LogP contribution < -0.4 is 10.6 Å². The molecular weight excluding hydrogens is 264 g/mol. The lowest BCUT2D eigenvalue weighted by Crippen LogP contribution is -2.45. The minimum Gasteiger partial charge on any atom is -0.359 e. The van der Waals surface area contributed by atoms with E-state index < -0.39 is 0 Å². The summed E-state index contributed by atoms with van der Waals surface area (Å²) in [6, 6.07) is 6.90. The predicted molar refractivity (Wildman–Crippen MR) is 91.2 cm³/mol. The Bertz CT molecular complexity index is 484. The largest absolute Gasteiger partial charge is 0.359 e. The maximum absolute atomic E-state index is 5.48. The second-order valence-electron chi connectivity index (χ2n) is 6.29. The molecule has 0 heterocycles. The molecule has 20 heavy (non-hydrogen) atoms. The van der Waals surface area contributed by atoms with Gasteiger partial charge < -0.3 is 10.6 Å². The molecule has 3 unspecified atom stereocenters. The summed E-state index contributed by atoms with van der Waals surface area (Å²) in [5, 5.41) is 7.60. The van der Waals surface area contributed by atoms with Crippen LogP contribution in [-0.4, -0.2) is 11.2 Å². The van der Waals surface area contributed by atoms with Crippen molar-refractivity contribution < 1.29 is 0 Å². The van der Waals surface area contributed by atoms with Gasteiger partial charge in [0.2, 0.25) is 0 Å². The zero-order valence-electron chi connectivity index (χ0n) is 13.0. The number of rotatable bonds is 2. The molecule has 2 nitrogen and oxygen atoms in total. The lowest BCUT2D eigenvalue weighted by molar-refractivity contribution is 0.225. The molecule has 1 aromatic rings. The first kappa shape index (κ1) is 15.3. The highest BCUT2D eigenvalue weighted by Gasteiger charge is 2.27. The smallest absolute Gasteiger partial charge is 0.171 e. The second-order valence-corrected chi connectivity index (χ2v) is 6.70. The van der Waals surface area contributed by atoms with Crippen LogP contribution in [0.15, 0.2) is 18.2 Å². The Hall–Kier alpha value is -1.09. The van der Waals surface area contributed by atoms with Gasteiger partial charge in [-0.05, 0) is 56.0 Å². The number of benzene rings is 1. The zero-order chi connectivity index (χ0) is 14.7. The van der Waals surface area contributed by atoms with Crippen LogP contribution in [-0.2, 0) is 0 Å². The van der Waals surface area contributed by atoms with Crippen molar-refractivity contribution in [3.63, 3.8) is 0 Å². The number of anilines is 1. The molecule has 1 saturated carbocycles. The topological polar surface area (TPSA) is 24.1 Å². The number of nitrogens with one attached hydrogen (secondary N) is 2. The maximum Gasteiger partial charge on any atom is 0.171 e. The quantitative estimate of drug-likeness (QED) is 0.789. The minimum absolute atomic E-state index is 0.504. The molecule has 1 fully saturated rings. The fourth-order valence-corrected chi connectivity index (χ4v) is 3.33.